The number of nitrogens with zero attached hydrogens (tertiary/aromatic N) is 3. The second-order valence-electron chi connectivity index (χ2n) is 6.09. The highest BCUT2D eigenvalue weighted by Crippen LogP contribution is 2.23. The number of piperazine rings is 1. The molecule has 0 spiro atoms. The molecule has 1 aliphatic rings. The largest absolute Gasteiger partial charge is 0.368 e. The lowest BCUT2D eigenvalue weighted by molar-refractivity contribution is -0.384. The summed E-state index contributed by atoms with van der Waals surface area (Å²) in [6.45, 7) is 2.33. The molecule has 6 nitrogen and oxygen atoms in total. The molecule has 2 aromatic rings. The van der Waals surface area contributed by atoms with E-state index < -0.39 is 10.7 Å². The highest BCUT2D eigenvalue weighted by Gasteiger charge is 2.20. The molecular weight excluding hydrogens is 373 g/mol. The molecule has 2 aromatic carbocycles. The van der Waals surface area contributed by atoms with Crippen molar-refractivity contribution in [2.75, 3.05) is 31.1 Å². The number of rotatable bonds is 4. The first-order valence-electron chi connectivity index (χ1n) is 8.35. The molecule has 0 aromatic heterocycles. The second kappa shape index (κ2) is 8.18. The van der Waals surface area contributed by atoms with E-state index >= 15 is 0 Å². The SMILES string of the molecule is O=C(/C=C/c1ccc([N+](=O)[O-])cc1)N1CCN(c2ccc(F)c(Cl)c2)CC1. The van der Waals surface area contributed by atoms with E-state index in [9.17, 15) is 19.3 Å². The molecule has 0 atom stereocenters. The van der Waals surface area contributed by atoms with Gasteiger partial charge >= 0.3 is 0 Å². The van der Waals surface area contributed by atoms with Crippen molar-refractivity contribution in [2.45, 2.75) is 0 Å². The van der Waals surface area contributed by atoms with Gasteiger partial charge < -0.3 is 9.80 Å². The van der Waals surface area contributed by atoms with Crippen LogP contribution in [-0.4, -0.2) is 41.9 Å². The summed E-state index contributed by atoms with van der Waals surface area (Å²) in [7, 11) is 0. The third kappa shape index (κ3) is 4.62. The fraction of sp³-hybridized carbons (Fsp3) is 0.211. The van der Waals surface area contributed by atoms with E-state index in [-0.39, 0.29) is 16.6 Å². The van der Waals surface area contributed by atoms with Gasteiger partial charge in [0.1, 0.15) is 5.82 Å². The molecule has 0 aliphatic carbocycles. The van der Waals surface area contributed by atoms with Gasteiger partial charge in [0.15, 0.2) is 0 Å². The summed E-state index contributed by atoms with van der Waals surface area (Å²) < 4.78 is 13.3. The molecule has 1 fully saturated rings. The zero-order chi connectivity index (χ0) is 19.4. The van der Waals surface area contributed by atoms with Crippen LogP contribution in [0.25, 0.3) is 6.08 Å². The Morgan fingerprint density at radius 3 is 2.37 bits per heavy atom. The van der Waals surface area contributed by atoms with Crippen LogP contribution >= 0.6 is 11.6 Å². The predicted molar refractivity (Wildman–Crippen MR) is 102 cm³/mol. The average molecular weight is 390 g/mol. The topological polar surface area (TPSA) is 66.7 Å². The first-order chi connectivity index (χ1) is 12.9. The molecule has 0 unspecified atom stereocenters. The third-order valence-corrected chi connectivity index (χ3v) is 4.67. The Labute approximate surface area is 160 Å². The van der Waals surface area contributed by atoms with Gasteiger partial charge in [0.2, 0.25) is 5.91 Å². The maximum atomic E-state index is 13.3. The van der Waals surface area contributed by atoms with Crippen molar-refractivity contribution in [1.82, 2.24) is 4.90 Å². The maximum absolute atomic E-state index is 13.3. The fourth-order valence-corrected chi connectivity index (χ4v) is 3.02. The zero-order valence-corrected chi connectivity index (χ0v) is 15.1. The molecule has 8 heteroatoms. The van der Waals surface area contributed by atoms with E-state index in [1.807, 2.05) is 0 Å². The van der Waals surface area contributed by atoms with E-state index in [1.54, 1.807) is 35.2 Å². The fourth-order valence-electron chi connectivity index (χ4n) is 2.85. The summed E-state index contributed by atoms with van der Waals surface area (Å²) in [5, 5.41) is 10.7. The van der Waals surface area contributed by atoms with Crippen molar-refractivity contribution in [1.29, 1.82) is 0 Å². The molecule has 27 heavy (non-hydrogen) atoms. The van der Waals surface area contributed by atoms with E-state index in [0.717, 1.165) is 5.69 Å². The maximum Gasteiger partial charge on any atom is 0.269 e. The van der Waals surface area contributed by atoms with Crippen molar-refractivity contribution >= 4 is 35.0 Å². The number of hydrogen-bond acceptors (Lipinski definition) is 4. The van der Waals surface area contributed by atoms with Crippen LogP contribution < -0.4 is 4.90 Å². The number of carbonyl (C=O) groups is 1. The van der Waals surface area contributed by atoms with Crippen molar-refractivity contribution in [3.05, 3.63) is 75.1 Å². The summed E-state index contributed by atoms with van der Waals surface area (Å²) >= 11 is 5.83. The number of hydrogen-bond donors (Lipinski definition) is 0. The molecule has 1 aliphatic heterocycles. The molecule has 0 radical (unpaired) electrons. The third-order valence-electron chi connectivity index (χ3n) is 4.38. The van der Waals surface area contributed by atoms with Crippen LogP contribution in [0, 0.1) is 15.9 Å². The standard InChI is InChI=1S/C19H17ClFN3O3/c20-17-13-16(6-7-18(17)21)22-9-11-23(12-10-22)19(25)8-3-14-1-4-15(5-2-14)24(26)27/h1-8,13H,9-12H2/b8-3+. The lowest BCUT2D eigenvalue weighted by Crippen LogP contribution is -2.48. The van der Waals surface area contributed by atoms with Crippen LogP contribution in [0.5, 0.6) is 0 Å². The van der Waals surface area contributed by atoms with Crippen molar-refractivity contribution in [2.24, 2.45) is 0 Å². The molecule has 0 saturated carbocycles. The van der Waals surface area contributed by atoms with Gasteiger partial charge in [-0.3, -0.25) is 14.9 Å². The van der Waals surface area contributed by atoms with Gasteiger partial charge in [-0.05, 0) is 42.0 Å². The molecule has 140 valence electrons. The minimum absolute atomic E-state index is 0.00972. The number of amides is 1. The van der Waals surface area contributed by atoms with Crippen LogP contribution in [0.1, 0.15) is 5.56 Å². The van der Waals surface area contributed by atoms with Crippen LogP contribution in [0.2, 0.25) is 5.02 Å². The van der Waals surface area contributed by atoms with Gasteiger partial charge in [0.25, 0.3) is 5.69 Å². The molecule has 1 saturated heterocycles. The van der Waals surface area contributed by atoms with Crippen molar-refractivity contribution in [3.8, 4) is 0 Å². The quantitative estimate of drug-likeness (QED) is 0.454. The highest BCUT2D eigenvalue weighted by atomic mass is 35.5. The lowest BCUT2D eigenvalue weighted by atomic mass is 10.2. The average Bonchev–Trinajstić information content (AvgIpc) is 2.68. The number of nitro groups is 1. The first kappa shape index (κ1) is 18.8. The number of non-ortho nitro benzene ring substituents is 1. The van der Waals surface area contributed by atoms with Gasteiger partial charge in [-0.15, -0.1) is 0 Å². The summed E-state index contributed by atoms with van der Waals surface area (Å²) in [6.07, 6.45) is 3.10. The number of carbonyl (C=O) groups excluding carboxylic acids is 1. The Bertz CT molecular complexity index is 878. The Balaban J connectivity index is 1.56. The van der Waals surface area contributed by atoms with Gasteiger partial charge in [-0.25, -0.2) is 4.39 Å². The highest BCUT2D eigenvalue weighted by molar-refractivity contribution is 6.31. The van der Waals surface area contributed by atoms with E-state index in [2.05, 4.69) is 4.90 Å². The minimum Gasteiger partial charge on any atom is -0.368 e. The number of anilines is 1. The second-order valence-corrected chi connectivity index (χ2v) is 6.50. The number of benzene rings is 2. The monoisotopic (exact) mass is 389 g/mol. The Kier molecular flexibility index (Phi) is 5.71. The van der Waals surface area contributed by atoms with Crippen molar-refractivity contribution < 1.29 is 14.1 Å². The number of nitro benzene ring substituents is 1. The summed E-state index contributed by atoms with van der Waals surface area (Å²) in [5.74, 6) is -0.573. The Morgan fingerprint density at radius 2 is 1.78 bits per heavy atom. The van der Waals surface area contributed by atoms with E-state index in [4.69, 9.17) is 11.6 Å². The number of halogens is 2. The lowest BCUT2D eigenvalue weighted by Gasteiger charge is -2.35. The molecule has 0 N–H and O–H groups in total. The van der Waals surface area contributed by atoms with Gasteiger partial charge in [-0.2, -0.15) is 0 Å². The zero-order valence-electron chi connectivity index (χ0n) is 14.3. The normalized spacial score (nSPS) is 14.6. The molecular formula is C19H17ClFN3O3. The van der Waals surface area contributed by atoms with Crippen LogP contribution in [0.3, 0.4) is 0 Å². The smallest absolute Gasteiger partial charge is 0.269 e. The van der Waals surface area contributed by atoms with Crippen LogP contribution in [0.4, 0.5) is 15.8 Å². The molecule has 1 amide bonds. The molecule has 3 rings (SSSR count). The summed E-state index contributed by atoms with van der Waals surface area (Å²) in [4.78, 5) is 26.3. The van der Waals surface area contributed by atoms with Gasteiger partial charge in [0.05, 0.1) is 9.95 Å². The van der Waals surface area contributed by atoms with Gasteiger partial charge in [0, 0.05) is 50.1 Å². The Hall–Kier alpha value is -2.93. The summed E-state index contributed by atoms with van der Waals surface area (Å²) in [5.41, 5.74) is 1.55. The molecule has 0 bridgehead atoms. The summed E-state index contributed by atoms with van der Waals surface area (Å²) in [6, 6.07) is 10.6. The van der Waals surface area contributed by atoms with E-state index in [1.165, 1.54) is 24.3 Å². The van der Waals surface area contributed by atoms with E-state index in [0.29, 0.717) is 31.7 Å². The van der Waals surface area contributed by atoms with Crippen LogP contribution in [-0.2, 0) is 4.79 Å². The molecule has 1 heterocycles. The first-order valence-corrected chi connectivity index (χ1v) is 8.73. The van der Waals surface area contributed by atoms with Crippen LogP contribution in [0.15, 0.2) is 48.5 Å². The Morgan fingerprint density at radius 1 is 1.11 bits per heavy atom. The predicted octanol–water partition coefficient (Wildman–Crippen LogP) is 3.75. The van der Waals surface area contributed by atoms with Gasteiger partial charge in [-0.1, -0.05) is 11.6 Å². The van der Waals surface area contributed by atoms with Crippen molar-refractivity contribution in [3.63, 3.8) is 0 Å². The minimum atomic E-state index is -0.466.